The number of hydrogen-bond donors (Lipinski definition) is 1. The van der Waals surface area contributed by atoms with Crippen LogP contribution in [0.2, 0.25) is 0 Å². The summed E-state index contributed by atoms with van der Waals surface area (Å²) < 4.78 is 4.84. The number of amides is 1. The molecule has 1 N–H and O–H groups in total. The molecule has 0 radical (unpaired) electrons. The van der Waals surface area contributed by atoms with Crippen LogP contribution in [0.5, 0.6) is 0 Å². The highest BCUT2D eigenvalue weighted by atomic mass is 16.2. The highest BCUT2D eigenvalue weighted by molar-refractivity contribution is 6.11. The van der Waals surface area contributed by atoms with E-state index in [2.05, 4.69) is 33.4 Å². The van der Waals surface area contributed by atoms with Crippen LogP contribution in [-0.2, 0) is 26.6 Å². The minimum absolute atomic E-state index is 0.0880. The van der Waals surface area contributed by atoms with Crippen molar-refractivity contribution in [2.24, 2.45) is 7.05 Å². The van der Waals surface area contributed by atoms with Crippen molar-refractivity contribution in [2.75, 3.05) is 44.2 Å². The Hall–Kier alpha value is -3.92. The molecule has 1 aliphatic carbocycles. The van der Waals surface area contributed by atoms with Crippen LogP contribution in [0.15, 0.2) is 39.6 Å². The molecule has 3 aliphatic rings. The van der Waals surface area contributed by atoms with E-state index in [9.17, 15) is 14.4 Å². The average Bonchev–Trinajstić information content (AvgIpc) is 3.14. The Morgan fingerprint density at radius 2 is 1.81 bits per heavy atom. The predicted molar refractivity (Wildman–Crippen MR) is 171 cm³/mol. The number of aromatic nitrogens is 4. The molecule has 43 heavy (non-hydrogen) atoms. The first-order valence-corrected chi connectivity index (χ1v) is 15.7. The number of hydrogen-bond acceptors (Lipinski definition) is 6. The van der Waals surface area contributed by atoms with Gasteiger partial charge < -0.3 is 19.7 Å². The van der Waals surface area contributed by atoms with E-state index in [0.29, 0.717) is 42.8 Å². The number of piperidine rings is 1. The molecule has 2 fully saturated rings. The maximum Gasteiger partial charge on any atom is 0.331 e. The molecule has 0 spiro atoms. The highest BCUT2D eigenvalue weighted by Gasteiger charge is 2.34. The van der Waals surface area contributed by atoms with Gasteiger partial charge in [-0.05, 0) is 76.1 Å². The van der Waals surface area contributed by atoms with Crippen LogP contribution in [0.1, 0.15) is 73.1 Å². The van der Waals surface area contributed by atoms with Crippen molar-refractivity contribution in [1.29, 1.82) is 0 Å². The lowest BCUT2D eigenvalue weighted by Crippen LogP contribution is -2.41. The van der Waals surface area contributed by atoms with Gasteiger partial charge in [-0.15, -0.1) is 0 Å². The lowest BCUT2D eigenvalue weighted by atomic mass is 9.96. The summed E-state index contributed by atoms with van der Waals surface area (Å²) >= 11 is 0. The van der Waals surface area contributed by atoms with Gasteiger partial charge in [-0.2, -0.15) is 0 Å². The summed E-state index contributed by atoms with van der Waals surface area (Å²) in [5.41, 5.74) is 4.53. The fourth-order valence-corrected chi connectivity index (χ4v) is 6.78. The summed E-state index contributed by atoms with van der Waals surface area (Å²) in [6.45, 7) is 9.11. The molecule has 3 aromatic heterocycles. The van der Waals surface area contributed by atoms with Gasteiger partial charge in [-0.25, -0.2) is 4.79 Å². The smallest absolute Gasteiger partial charge is 0.331 e. The zero-order chi connectivity index (χ0) is 30.1. The number of carbonyl (C=O) groups excluding carboxylic acids is 1. The maximum absolute atomic E-state index is 14.6. The first-order valence-electron chi connectivity index (χ1n) is 15.7. The number of nitrogens with zero attached hydrogens (tertiary/aromatic N) is 6. The standard InChI is InChI=1S/C33H43N7O3/c1-23(2)13-20-39-29-28(27(31(41)38-17-7-4-8-18-38)30(39)37-19-9-14-34-16-21-37)36(3)33(43)40(32(29)42)22-26-25-11-6-5-10-24(25)12-15-35-26/h5,10,12-13,15,34H,4,6-9,11,14,16-22H2,1-3H3. The zero-order valence-electron chi connectivity index (χ0n) is 25.7. The quantitative estimate of drug-likeness (QED) is 0.446. The molecule has 2 aliphatic heterocycles. The van der Waals surface area contributed by atoms with Crippen LogP contribution >= 0.6 is 0 Å². The number of nitrogens with one attached hydrogen (secondary N) is 1. The molecule has 228 valence electrons. The van der Waals surface area contributed by atoms with Gasteiger partial charge in [0.05, 0.1) is 17.8 Å². The maximum atomic E-state index is 14.6. The number of allylic oxidation sites excluding steroid dienone is 3. The third kappa shape index (κ3) is 5.48. The van der Waals surface area contributed by atoms with Gasteiger partial charge in [0.2, 0.25) is 0 Å². The number of fused-ring (bicyclic) bond motifs is 2. The number of pyridine rings is 1. The fourth-order valence-electron chi connectivity index (χ4n) is 6.78. The lowest BCUT2D eigenvalue weighted by molar-refractivity contribution is 0.0726. The van der Waals surface area contributed by atoms with Crippen molar-refractivity contribution in [3.63, 3.8) is 0 Å². The van der Waals surface area contributed by atoms with E-state index in [1.54, 1.807) is 13.2 Å². The number of anilines is 1. The summed E-state index contributed by atoms with van der Waals surface area (Å²) in [4.78, 5) is 51.8. The number of rotatable bonds is 6. The van der Waals surface area contributed by atoms with Crippen molar-refractivity contribution in [1.82, 2.24) is 28.9 Å². The molecule has 0 bridgehead atoms. The van der Waals surface area contributed by atoms with Crippen molar-refractivity contribution < 1.29 is 4.79 Å². The van der Waals surface area contributed by atoms with E-state index in [0.717, 1.165) is 86.4 Å². The van der Waals surface area contributed by atoms with Gasteiger partial charge >= 0.3 is 5.69 Å². The van der Waals surface area contributed by atoms with Gasteiger partial charge in [0.15, 0.2) is 0 Å². The molecule has 6 rings (SSSR count). The third-order valence-electron chi connectivity index (χ3n) is 9.04. The van der Waals surface area contributed by atoms with Crippen LogP contribution in [-0.4, -0.2) is 68.8 Å². The minimum atomic E-state index is -0.431. The molecule has 10 nitrogen and oxygen atoms in total. The van der Waals surface area contributed by atoms with Crippen molar-refractivity contribution in [3.8, 4) is 0 Å². The Morgan fingerprint density at radius 1 is 1.00 bits per heavy atom. The number of carbonyl (C=O) groups is 1. The van der Waals surface area contributed by atoms with Gasteiger partial charge in [-0.1, -0.05) is 23.8 Å². The van der Waals surface area contributed by atoms with E-state index >= 15 is 0 Å². The van der Waals surface area contributed by atoms with E-state index in [-0.39, 0.29) is 18.0 Å². The Labute approximate surface area is 252 Å². The molecular formula is C33H43N7O3. The molecule has 2 saturated heterocycles. The Bertz CT molecular complexity index is 1710. The molecule has 0 saturated carbocycles. The summed E-state index contributed by atoms with van der Waals surface area (Å²) in [5, 5.41) is 3.46. The van der Waals surface area contributed by atoms with Gasteiger partial charge in [0.1, 0.15) is 16.9 Å². The topological polar surface area (TPSA) is 97.4 Å². The van der Waals surface area contributed by atoms with Gasteiger partial charge in [0, 0.05) is 52.5 Å². The summed E-state index contributed by atoms with van der Waals surface area (Å²) in [7, 11) is 1.70. The van der Waals surface area contributed by atoms with E-state index < -0.39 is 5.69 Å². The normalized spacial score (nSPS) is 17.2. The molecule has 0 aromatic carbocycles. The minimum Gasteiger partial charge on any atom is -0.356 e. The second-order valence-corrected chi connectivity index (χ2v) is 12.2. The van der Waals surface area contributed by atoms with Crippen LogP contribution in [0.4, 0.5) is 5.82 Å². The summed E-state index contributed by atoms with van der Waals surface area (Å²) in [5.74, 6) is 0.655. The molecule has 3 aromatic rings. The molecule has 0 atom stereocenters. The molecule has 10 heteroatoms. The molecule has 0 unspecified atom stereocenters. The van der Waals surface area contributed by atoms with E-state index in [4.69, 9.17) is 0 Å². The second-order valence-electron chi connectivity index (χ2n) is 12.2. The SMILES string of the molecule is CC(C)=CCn1c(N2CCCNCC2)c(C(=O)N2CCCCC2)c2c1c(=O)n(Cc1nccc3c1CCC=C3)c(=O)n2C. The summed E-state index contributed by atoms with van der Waals surface area (Å²) in [6, 6.07) is 1.98. The van der Waals surface area contributed by atoms with Crippen LogP contribution in [0.3, 0.4) is 0 Å². The first kappa shape index (κ1) is 29.2. The number of aryl methyl sites for hydroxylation is 1. The Morgan fingerprint density at radius 3 is 2.60 bits per heavy atom. The predicted octanol–water partition coefficient (Wildman–Crippen LogP) is 3.30. The van der Waals surface area contributed by atoms with E-state index in [1.165, 1.54) is 9.13 Å². The van der Waals surface area contributed by atoms with Crippen LogP contribution in [0.25, 0.3) is 17.1 Å². The van der Waals surface area contributed by atoms with Crippen LogP contribution in [0, 0.1) is 0 Å². The van der Waals surface area contributed by atoms with Crippen molar-refractivity contribution >= 4 is 28.8 Å². The first-order chi connectivity index (χ1) is 20.9. The molecule has 1 amide bonds. The van der Waals surface area contributed by atoms with Crippen LogP contribution < -0.4 is 21.5 Å². The third-order valence-corrected chi connectivity index (χ3v) is 9.04. The van der Waals surface area contributed by atoms with E-state index in [1.807, 2.05) is 29.4 Å². The number of likely N-dealkylation sites (tertiary alicyclic amines) is 1. The lowest BCUT2D eigenvalue weighted by Gasteiger charge is -2.29. The fraction of sp³-hybridized carbons (Fsp3) is 0.515. The average molecular weight is 586 g/mol. The van der Waals surface area contributed by atoms with Crippen molar-refractivity contribution in [2.45, 2.75) is 65.5 Å². The van der Waals surface area contributed by atoms with Crippen molar-refractivity contribution in [3.05, 3.63) is 73.2 Å². The zero-order valence-corrected chi connectivity index (χ0v) is 25.7. The van der Waals surface area contributed by atoms with Gasteiger partial charge in [0.25, 0.3) is 11.5 Å². The molecule has 5 heterocycles. The summed E-state index contributed by atoms with van der Waals surface area (Å²) in [6.07, 6.45) is 13.7. The largest absolute Gasteiger partial charge is 0.356 e. The Kier molecular flexibility index (Phi) is 8.38. The molecular weight excluding hydrogens is 542 g/mol. The highest BCUT2D eigenvalue weighted by Crippen LogP contribution is 2.34. The second kappa shape index (κ2) is 12.4. The van der Waals surface area contributed by atoms with Gasteiger partial charge in [-0.3, -0.25) is 23.7 Å². The monoisotopic (exact) mass is 585 g/mol. The Balaban J connectivity index is 1.62.